The van der Waals surface area contributed by atoms with Gasteiger partial charge in [0.2, 0.25) is 5.91 Å². The van der Waals surface area contributed by atoms with E-state index in [-0.39, 0.29) is 17.9 Å². The van der Waals surface area contributed by atoms with E-state index >= 15 is 0 Å². The van der Waals surface area contributed by atoms with E-state index in [0.29, 0.717) is 39.1 Å². The third-order valence-corrected chi connectivity index (χ3v) is 3.96. The van der Waals surface area contributed by atoms with E-state index in [4.69, 9.17) is 10.5 Å². The number of ether oxygens (including phenoxy) is 1. The first kappa shape index (κ1) is 16.3. The van der Waals surface area contributed by atoms with Crippen molar-refractivity contribution in [2.45, 2.75) is 26.0 Å². The highest BCUT2D eigenvalue weighted by Crippen LogP contribution is 2.16. The van der Waals surface area contributed by atoms with Gasteiger partial charge in [-0.15, -0.1) is 0 Å². The highest BCUT2D eigenvalue weighted by Gasteiger charge is 2.25. The molecule has 0 radical (unpaired) electrons. The molecule has 1 aromatic carbocycles. The molecule has 0 saturated carbocycles. The van der Waals surface area contributed by atoms with Crippen molar-refractivity contribution in [2.24, 2.45) is 11.7 Å². The average Bonchev–Trinajstić information content (AvgIpc) is 2.54. The van der Waals surface area contributed by atoms with Gasteiger partial charge in [-0.2, -0.15) is 0 Å². The summed E-state index contributed by atoms with van der Waals surface area (Å²) in [5.41, 5.74) is 7.43. The van der Waals surface area contributed by atoms with Crippen LogP contribution in [0.1, 0.15) is 24.0 Å². The molecule has 0 spiro atoms. The molecule has 120 valence electrons. The topological polar surface area (TPSA) is 84.7 Å². The highest BCUT2D eigenvalue weighted by atomic mass is 16.5. The van der Waals surface area contributed by atoms with Crippen LogP contribution < -0.4 is 11.1 Å². The van der Waals surface area contributed by atoms with E-state index in [1.807, 2.05) is 24.3 Å². The number of carbonyl (C=O) groups excluding carboxylic acids is 2. The van der Waals surface area contributed by atoms with Crippen LogP contribution >= 0.6 is 0 Å². The van der Waals surface area contributed by atoms with Gasteiger partial charge in [-0.05, 0) is 24.0 Å². The number of hydrogen-bond donors (Lipinski definition) is 2. The average molecular weight is 305 g/mol. The minimum absolute atomic E-state index is 0.0936. The van der Waals surface area contributed by atoms with Crippen LogP contribution in [0.15, 0.2) is 24.3 Å². The predicted octanol–water partition coefficient (Wildman–Crippen LogP) is 1.24. The number of likely N-dealkylation sites (tertiary alicyclic amines) is 1. The molecule has 0 unspecified atom stereocenters. The summed E-state index contributed by atoms with van der Waals surface area (Å²) in [4.78, 5) is 24.9. The lowest BCUT2D eigenvalue weighted by Gasteiger charge is -2.30. The minimum atomic E-state index is -0.267. The number of nitrogens with one attached hydrogen (secondary N) is 1. The molecule has 1 saturated heterocycles. The van der Waals surface area contributed by atoms with Gasteiger partial charge in [-0.3, -0.25) is 4.79 Å². The Bertz CT molecular complexity index is 508. The number of nitrogens with two attached hydrogens (primary N) is 1. The van der Waals surface area contributed by atoms with Crippen molar-refractivity contribution in [2.75, 3.05) is 20.2 Å². The Balaban J connectivity index is 1.77. The van der Waals surface area contributed by atoms with Crippen molar-refractivity contribution >= 4 is 11.9 Å². The van der Waals surface area contributed by atoms with Gasteiger partial charge in [0.1, 0.15) is 0 Å². The van der Waals surface area contributed by atoms with Crippen molar-refractivity contribution in [3.8, 4) is 0 Å². The molecule has 1 heterocycles. The quantitative estimate of drug-likeness (QED) is 0.858. The third kappa shape index (κ3) is 4.46. The van der Waals surface area contributed by atoms with E-state index in [2.05, 4.69) is 5.32 Å². The summed E-state index contributed by atoms with van der Waals surface area (Å²) >= 11 is 0. The summed E-state index contributed by atoms with van der Waals surface area (Å²) in [5, 5.41) is 2.90. The van der Waals surface area contributed by atoms with E-state index in [1.54, 1.807) is 12.0 Å². The number of amides is 3. The van der Waals surface area contributed by atoms with E-state index in [0.717, 1.165) is 11.1 Å². The lowest BCUT2D eigenvalue weighted by atomic mass is 9.96. The zero-order chi connectivity index (χ0) is 15.9. The molecule has 0 aromatic heterocycles. The number of carbonyl (C=O) groups is 2. The molecule has 0 bridgehead atoms. The zero-order valence-corrected chi connectivity index (χ0v) is 12.9. The van der Waals surface area contributed by atoms with Crippen LogP contribution in [0, 0.1) is 5.92 Å². The number of rotatable bonds is 5. The Morgan fingerprint density at radius 2 is 1.82 bits per heavy atom. The molecular formula is C16H23N3O3. The summed E-state index contributed by atoms with van der Waals surface area (Å²) < 4.78 is 5.06. The Kier molecular flexibility index (Phi) is 5.77. The van der Waals surface area contributed by atoms with Gasteiger partial charge in [0.05, 0.1) is 6.61 Å². The number of hydrogen-bond acceptors (Lipinski definition) is 3. The molecule has 1 aliphatic rings. The number of piperidine rings is 1. The van der Waals surface area contributed by atoms with Crippen LogP contribution in [-0.2, 0) is 22.7 Å². The summed E-state index contributed by atoms with van der Waals surface area (Å²) in [6, 6.07) is 7.85. The molecule has 6 heteroatoms. The van der Waals surface area contributed by atoms with Crippen LogP contribution in [0.25, 0.3) is 0 Å². The molecule has 1 fully saturated rings. The fraction of sp³-hybridized carbons (Fsp3) is 0.500. The maximum Gasteiger partial charge on any atom is 0.317 e. The van der Waals surface area contributed by atoms with Gasteiger partial charge in [0, 0.05) is 32.7 Å². The van der Waals surface area contributed by atoms with Gasteiger partial charge in [0.15, 0.2) is 0 Å². The first-order valence-electron chi connectivity index (χ1n) is 7.49. The SMILES string of the molecule is COCc1ccc(CNC(=O)N2CCC(C(N)=O)CC2)cc1. The van der Waals surface area contributed by atoms with Crippen molar-refractivity contribution in [3.63, 3.8) is 0 Å². The van der Waals surface area contributed by atoms with Crippen LogP contribution in [0.5, 0.6) is 0 Å². The molecule has 22 heavy (non-hydrogen) atoms. The summed E-state index contributed by atoms with van der Waals surface area (Å²) in [5.74, 6) is -0.367. The standard InChI is InChI=1S/C16H23N3O3/c1-22-11-13-4-2-12(3-5-13)10-18-16(21)19-8-6-14(7-9-19)15(17)20/h2-5,14H,6-11H2,1H3,(H2,17,20)(H,18,21). The van der Waals surface area contributed by atoms with Crippen molar-refractivity contribution in [1.29, 1.82) is 0 Å². The first-order valence-corrected chi connectivity index (χ1v) is 7.49. The number of primary amides is 1. The number of urea groups is 1. The van der Waals surface area contributed by atoms with Gasteiger partial charge in [0.25, 0.3) is 0 Å². The largest absolute Gasteiger partial charge is 0.380 e. The van der Waals surface area contributed by atoms with E-state index < -0.39 is 0 Å². The summed E-state index contributed by atoms with van der Waals surface area (Å²) in [6.07, 6.45) is 1.29. The Hall–Kier alpha value is -2.08. The summed E-state index contributed by atoms with van der Waals surface area (Å²) in [6.45, 7) is 2.22. The molecule has 1 aliphatic heterocycles. The normalized spacial score (nSPS) is 15.6. The molecule has 3 amide bonds. The van der Waals surface area contributed by atoms with Crippen LogP contribution in [0.3, 0.4) is 0 Å². The molecule has 1 aromatic rings. The van der Waals surface area contributed by atoms with E-state index in [1.165, 1.54) is 0 Å². The summed E-state index contributed by atoms with van der Waals surface area (Å²) in [7, 11) is 1.66. The van der Waals surface area contributed by atoms with E-state index in [9.17, 15) is 9.59 Å². The molecule has 0 aliphatic carbocycles. The fourth-order valence-electron chi connectivity index (χ4n) is 2.58. The molecule has 3 N–H and O–H groups in total. The van der Waals surface area contributed by atoms with Gasteiger partial charge in [-0.25, -0.2) is 4.79 Å². The zero-order valence-electron chi connectivity index (χ0n) is 12.9. The Labute approximate surface area is 130 Å². The van der Waals surface area contributed by atoms with Crippen LogP contribution in [0.4, 0.5) is 4.79 Å². The molecule has 0 atom stereocenters. The van der Waals surface area contributed by atoms with Gasteiger partial charge >= 0.3 is 6.03 Å². The second-order valence-corrected chi connectivity index (χ2v) is 5.57. The number of nitrogens with zero attached hydrogens (tertiary/aromatic N) is 1. The molecular weight excluding hydrogens is 282 g/mol. The lowest BCUT2D eigenvalue weighted by molar-refractivity contribution is -0.123. The Morgan fingerprint density at radius 3 is 2.36 bits per heavy atom. The smallest absolute Gasteiger partial charge is 0.317 e. The third-order valence-electron chi connectivity index (χ3n) is 3.96. The monoisotopic (exact) mass is 305 g/mol. The minimum Gasteiger partial charge on any atom is -0.380 e. The van der Waals surface area contributed by atoms with Crippen molar-refractivity contribution in [3.05, 3.63) is 35.4 Å². The van der Waals surface area contributed by atoms with Gasteiger partial charge in [-0.1, -0.05) is 24.3 Å². The number of benzene rings is 1. The van der Waals surface area contributed by atoms with Crippen LogP contribution in [0.2, 0.25) is 0 Å². The maximum absolute atomic E-state index is 12.1. The predicted molar refractivity (Wildman–Crippen MR) is 82.9 cm³/mol. The lowest BCUT2D eigenvalue weighted by Crippen LogP contribution is -2.46. The van der Waals surface area contributed by atoms with Gasteiger partial charge < -0.3 is 20.7 Å². The number of methoxy groups -OCH3 is 1. The van der Waals surface area contributed by atoms with Crippen molar-refractivity contribution in [1.82, 2.24) is 10.2 Å². The molecule has 6 nitrogen and oxygen atoms in total. The Morgan fingerprint density at radius 1 is 1.23 bits per heavy atom. The van der Waals surface area contributed by atoms with Crippen molar-refractivity contribution < 1.29 is 14.3 Å². The fourth-order valence-corrected chi connectivity index (χ4v) is 2.58. The highest BCUT2D eigenvalue weighted by molar-refractivity contribution is 5.78. The van der Waals surface area contributed by atoms with Crippen LogP contribution in [-0.4, -0.2) is 37.0 Å². The molecule has 2 rings (SSSR count). The maximum atomic E-state index is 12.1. The second-order valence-electron chi connectivity index (χ2n) is 5.57. The first-order chi connectivity index (χ1) is 10.6. The second kappa shape index (κ2) is 7.79.